The highest BCUT2D eigenvalue weighted by atomic mass is 16.5. The Bertz CT molecular complexity index is 110. The number of nitrogens with two attached hydrogens (primary N) is 1. The van der Waals surface area contributed by atoms with Crippen LogP contribution in [0.1, 0.15) is 33.1 Å². The average Bonchev–Trinajstić information content (AvgIpc) is 1.83. The van der Waals surface area contributed by atoms with Gasteiger partial charge in [-0.15, -0.1) is 0 Å². The van der Waals surface area contributed by atoms with Crippen molar-refractivity contribution in [1.82, 2.24) is 0 Å². The summed E-state index contributed by atoms with van der Waals surface area (Å²) in [5.41, 5.74) is 6.02. The summed E-state index contributed by atoms with van der Waals surface area (Å²) in [5.74, 6) is 0. The zero-order valence-electron chi connectivity index (χ0n) is 6.89. The fourth-order valence-electron chi connectivity index (χ4n) is 1.41. The standard InChI is InChI=1S/C8H17NO/c1-3-10-7(2)8(9)5-4-6-8/h7H,3-6,9H2,1-2H3. The first kappa shape index (κ1) is 8.02. The van der Waals surface area contributed by atoms with Crippen molar-refractivity contribution in [2.24, 2.45) is 5.73 Å². The van der Waals surface area contributed by atoms with Crippen LogP contribution >= 0.6 is 0 Å². The summed E-state index contributed by atoms with van der Waals surface area (Å²) in [5, 5.41) is 0. The van der Waals surface area contributed by atoms with E-state index in [0.29, 0.717) is 0 Å². The summed E-state index contributed by atoms with van der Waals surface area (Å²) in [6, 6.07) is 0. The second kappa shape index (κ2) is 2.89. The molecule has 60 valence electrons. The van der Waals surface area contributed by atoms with Gasteiger partial charge in [-0.2, -0.15) is 0 Å². The van der Waals surface area contributed by atoms with Gasteiger partial charge >= 0.3 is 0 Å². The summed E-state index contributed by atoms with van der Waals surface area (Å²) in [6.45, 7) is 4.86. The van der Waals surface area contributed by atoms with E-state index in [1.165, 1.54) is 6.42 Å². The summed E-state index contributed by atoms with van der Waals surface area (Å²) >= 11 is 0. The van der Waals surface area contributed by atoms with Crippen LogP contribution in [-0.2, 0) is 4.74 Å². The van der Waals surface area contributed by atoms with Gasteiger partial charge in [-0.3, -0.25) is 0 Å². The molecule has 1 aliphatic rings. The smallest absolute Gasteiger partial charge is 0.0726 e. The minimum atomic E-state index is 0.00993. The van der Waals surface area contributed by atoms with Gasteiger partial charge in [0.2, 0.25) is 0 Å². The molecule has 0 amide bonds. The highest BCUT2D eigenvalue weighted by molar-refractivity contribution is 4.97. The van der Waals surface area contributed by atoms with Gasteiger partial charge < -0.3 is 10.5 Å². The molecule has 1 unspecified atom stereocenters. The maximum atomic E-state index is 6.01. The Balaban J connectivity index is 2.31. The molecule has 0 bridgehead atoms. The Kier molecular flexibility index (Phi) is 2.32. The molecule has 1 saturated carbocycles. The molecule has 2 nitrogen and oxygen atoms in total. The molecule has 2 heteroatoms. The second-order valence-corrected chi connectivity index (χ2v) is 3.18. The van der Waals surface area contributed by atoms with Crippen LogP contribution in [0.15, 0.2) is 0 Å². The molecule has 0 aliphatic heterocycles. The predicted octanol–water partition coefficient (Wildman–Crippen LogP) is 1.29. The molecule has 0 aromatic carbocycles. The van der Waals surface area contributed by atoms with E-state index in [4.69, 9.17) is 10.5 Å². The molecule has 0 heterocycles. The highest BCUT2D eigenvalue weighted by Gasteiger charge is 2.38. The van der Waals surface area contributed by atoms with E-state index in [9.17, 15) is 0 Å². The van der Waals surface area contributed by atoms with E-state index < -0.39 is 0 Å². The molecular weight excluding hydrogens is 126 g/mol. The van der Waals surface area contributed by atoms with Crippen molar-refractivity contribution in [3.05, 3.63) is 0 Å². The van der Waals surface area contributed by atoms with Crippen LogP contribution in [-0.4, -0.2) is 18.2 Å². The third-order valence-corrected chi connectivity index (χ3v) is 2.51. The molecule has 1 atom stereocenters. The lowest BCUT2D eigenvalue weighted by Crippen LogP contribution is -2.55. The van der Waals surface area contributed by atoms with Gasteiger partial charge in [0.1, 0.15) is 0 Å². The normalized spacial score (nSPS) is 25.5. The molecule has 2 N–H and O–H groups in total. The first-order chi connectivity index (χ1) is 4.69. The zero-order chi connectivity index (χ0) is 7.61. The number of rotatable bonds is 3. The molecule has 1 rings (SSSR count). The minimum Gasteiger partial charge on any atom is -0.377 e. The fourth-order valence-corrected chi connectivity index (χ4v) is 1.41. The van der Waals surface area contributed by atoms with Crippen LogP contribution in [0.5, 0.6) is 0 Å². The van der Waals surface area contributed by atoms with Gasteiger partial charge in [0.25, 0.3) is 0 Å². The van der Waals surface area contributed by atoms with Gasteiger partial charge in [-0.1, -0.05) is 0 Å². The Labute approximate surface area is 62.7 Å². The summed E-state index contributed by atoms with van der Waals surface area (Å²) in [7, 11) is 0. The third-order valence-electron chi connectivity index (χ3n) is 2.51. The van der Waals surface area contributed by atoms with Crippen molar-refractivity contribution >= 4 is 0 Å². The number of hydrogen-bond acceptors (Lipinski definition) is 2. The van der Waals surface area contributed by atoms with Gasteiger partial charge in [-0.25, -0.2) is 0 Å². The molecule has 0 aromatic heterocycles. The van der Waals surface area contributed by atoms with Gasteiger partial charge in [0, 0.05) is 12.1 Å². The monoisotopic (exact) mass is 143 g/mol. The first-order valence-electron chi connectivity index (χ1n) is 4.09. The van der Waals surface area contributed by atoms with E-state index in [2.05, 4.69) is 6.92 Å². The molecular formula is C8H17NO. The van der Waals surface area contributed by atoms with Crippen LogP contribution in [0.25, 0.3) is 0 Å². The average molecular weight is 143 g/mol. The second-order valence-electron chi connectivity index (χ2n) is 3.18. The lowest BCUT2D eigenvalue weighted by molar-refractivity contribution is -0.0135. The van der Waals surface area contributed by atoms with Crippen LogP contribution in [0.2, 0.25) is 0 Å². The van der Waals surface area contributed by atoms with Crippen molar-refractivity contribution in [1.29, 1.82) is 0 Å². The zero-order valence-corrected chi connectivity index (χ0v) is 6.89. The molecule has 0 radical (unpaired) electrons. The van der Waals surface area contributed by atoms with E-state index in [-0.39, 0.29) is 11.6 Å². The SMILES string of the molecule is CCOC(C)C1(N)CCC1. The lowest BCUT2D eigenvalue weighted by atomic mass is 9.74. The Morgan fingerprint density at radius 3 is 2.50 bits per heavy atom. The quantitative estimate of drug-likeness (QED) is 0.646. The van der Waals surface area contributed by atoms with E-state index in [1.54, 1.807) is 0 Å². The van der Waals surface area contributed by atoms with Gasteiger partial charge in [0.05, 0.1) is 6.10 Å². The van der Waals surface area contributed by atoms with E-state index in [0.717, 1.165) is 19.4 Å². The molecule has 10 heavy (non-hydrogen) atoms. The maximum absolute atomic E-state index is 6.01. The molecule has 0 spiro atoms. The third kappa shape index (κ3) is 1.32. The van der Waals surface area contributed by atoms with Crippen LogP contribution in [0, 0.1) is 0 Å². The molecule has 0 aromatic rings. The number of hydrogen-bond donors (Lipinski definition) is 1. The van der Waals surface area contributed by atoms with Crippen molar-refractivity contribution in [2.45, 2.75) is 44.8 Å². The summed E-state index contributed by atoms with van der Waals surface area (Å²) < 4.78 is 5.42. The van der Waals surface area contributed by atoms with Crippen LogP contribution < -0.4 is 5.73 Å². The topological polar surface area (TPSA) is 35.2 Å². The van der Waals surface area contributed by atoms with Gasteiger partial charge in [0.15, 0.2) is 0 Å². The molecule has 1 fully saturated rings. The van der Waals surface area contributed by atoms with E-state index >= 15 is 0 Å². The molecule has 0 saturated heterocycles. The lowest BCUT2D eigenvalue weighted by Gasteiger charge is -2.42. The first-order valence-corrected chi connectivity index (χ1v) is 4.09. The molecule has 1 aliphatic carbocycles. The minimum absolute atomic E-state index is 0.00993. The summed E-state index contributed by atoms with van der Waals surface area (Å²) in [4.78, 5) is 0. The summed E-state index contributed by atoms with van der Waals surface area (Å²) in [6.07, 6.45) is 3.78. The number of ether oxygens (including phenoxy) is 1. The van der Waals surface area contributed by atoms with Crippen molar-refractivity contribution in [2.75, 3.05) is 6.61 Å². The van der Waals surface area contributed by atoms with Crippen LogP contribution in [0.3, 0.4) is 0 Å². The van der Waals surface area contributed by atoms with Crippen molar-refractivity contribution in [3.8, 4) is 0 Å². The highest BCUT2D eigenvalue weighted by Crippen LogP contribution is 2.33. The fraction of sp³-hybridized carbons (Fsp3) is 1.00. The predicted molar refractivity (Wildman–Crippen MR) is 41.9 cm³/mol. The van der Waals surface area contributed by atoms with Crippen molar-refractivity contribution in [3.63, 3.8) is 0 Å². The Morgan fingerprint density at radius 2 is 2.20 bits per heavy atom. The Hall–Kier alpha value is -0.0800. The van der Waals surface area contributed by atoms with Crippen LogP contribution in [0.4, 0.5) is 0 Å². The largest absolute Gasteiger partial charge is 0.377 e. The van der Waals surface area contributed by atoms with Gasteiger partial charge in [-0.05, 0) is 33.1 Å². The van der Waals surface area contributed by atoms with E-state index in [1.807, 2.05) is 6.92 Å². The maximum Gasteiger partial charge on any atom is 0.0726 e. The van der Waals surface area contributed by atoms with Crippen molar-refractivity contribution < 1.29 is 4.74 Å². The Morgan fingerprint density at radius 1 is 1.60 bits per heavy atom.